The second-order valence-electron chi connectivity index (χ2n) is 12.5. The number of nitrogens with zero attached hydrogens (tertiary/aromatic N) is 3. The summed E-state index contributed by atoms with van der Waals surface area (Å²) in [7, 11) is 0. The first kappa shape index (κ1) is 17.9. The minimum absolute atomic E-state index is 0.134. The van der Waals surface area contributed by atoms with E-state index in [9.17, 15) is 11.0 Å². The van der Waals surface area contributed by atoms with E-state index in [1.807, 2.05) is 42.5 Å². The average Bonchev–Trinajstić information content (AvgIpc) is 3.78. The lowest BCUT2D eigenvalue weighted by Crippen LogP contribution is -2.00. The van der Waals surface area contributed by atoms with Crippen molar-refractivity contribution in [2.75, 3.05) is 0 Å². The Balaban J connectivity index is 1.17. The minimum atomic E-state index is -0.928. The van der Waals surface area contributed by atoms with Crippen LogP contribution < -0.4 is 0 Å². The summed E-state index contributed by atoms with van der Waals surface area (Å²) in [5.41, 5.74) is -1.97. The van der Waals surface area contributed by atoms with Gasteiger partial charge in [-0.1, -0.05) is 151 Å². The zero-order chi connectivity index (χ0) is 52.8. The monoisotopic (exact) mass is 736 g/mol. The van der Waals surface area contributed by atoms with Crippen LogP contribution in [-0.2, 0) is 0 Å². The standard InChI is InChI=1S/C51H31N3S/c1-2-11-34(12-3-1)49-52-50(54-51(53-49)38-26-28-48-46(31-38)44-19-8-9-20-47(44)55-48)37-14-10-13-35(29-37)32-21-23-33(24-22-32)36-25-27-43-41-17-5-4-15-39(41)40-16-6-7-18-42(40)45(43)30-36/h1-31H/i4D,5D,6D,7D,10D,13D,14D,15D,16D,17D,18D,21D,22D,23D,24D,25D,27D,29D,30D. The largest absolute Gasteiger partial charge is 0.208 e. The third kappa shape index (κ3) is 5.46. The van der Waals surface area contributed by atoms with Gasteiger partial charge in [0.15, 0.2) is 17.5 Å². The van der Waals surface area contributed by atoms with Gasteiger partial charge in [-0.3, -0.25) is 0 Å². The van der Waals surface area contributed by atoms with Gasteiger partial charge in [0.05, 0.1) is 26.0 Å². The predicted molar refractivity (Wildman–Crippen MR) is 232 cm³/mol. The maximum atomic E-state index is 9.64. The van der Waals surface area contributed by atoms with Gasteiger partial charge in [-0.2, -0.15) is 0 Å². The fraction of sp³-hybridized carbons (Fsp3) is 0. The van der Waals surface area contributed by atoms with Crippen LogP contribution in [0.1, 0.15) is 26.0 Å². The molecule has 0 aliphatic carbocycles. The Morgan fingerprint density at radius 1 is 0.327 bits per heavy atom. The van der Waals surface area contributed by atoms with Crippen molar-refractivity contribution in [2.24, 2.45) is 0 Å². The first-order valence-corrected chi connectivity index (χ1v) is 17.8. The van der Waals surface area contributed by atoms with Crippen LogP contribution in [0, 0.1) is 0 Å². The summed E-state index contributed by atoms with van der Waals surface area (Å²) in [6.45, 7) is 0. The van der Waals surface area contributed by atoms with E-state index < -0.39 is 164 Å². The molecular formula is C51H31N3S. The van der Waals surface area contributed by atoms with E-state index in [0.717, 1.165) is 20.2 Å². The Morgan fingerprint density at radius 3 is 1.56 bits per heavy atom. The van der Waals surface area contributed by atoms with E-state index >= 15 is 0 Å². The second kappa shape index (κ2) is 12.8. The molecule has 0 unspecified atom stereocenters. The summed E-state index contributed by atoms with van der Waals surface area (Å²) >= 11 is 1.61. The molecule has 2 aromatic heterocycles. The molecule has 0 bridgehead atoms. The molecule has 0 radical (unpaired) electrons. The number of aromatic nitrogens is 3. The Kier molecular flexibility index (Phi) is 4.17. The predicted octanol–water partition coefficient (Wildman–Crippen LogP) is 14.0. The smallest absolute Gasteiger partial charge is 0.164 e. The number of rotatable bonds is 5. The number of benzene rings is 9. The van der Waals surface area contributed by atoms with Crippen molar-refractivity contribution in [1.29, 1.82) is 0 Å². The molecule has 11 aromatic rings. The second-order valence-corrected chi connectivity index (χ2v) is 13.6. The fourth-order valence-electron chi connectivity index (χ4n) is 6.62. The molecule has 55 heavy (non-hydrogen) atoms. The molecule has 0 aliphatic rings. The van der Waals surface area contributed by atoms with Crippen molar-refractivity contribution >= 4 is 63.8 Å². The molecule has 0 fully saturated rings. The molecule has 0 saturated heterocycles. The van der Waals surface area contributed by atoms with Crippen LogP contribution in [0.3, 0.4) is 0 Å². The Labute approximate surface area is 348 Å². The van der Waals surface area contributed by atoms with Crippen LogP contribution in [0.2, 0.25) is 0 Å². The molecule has 0 N–H and O–H groups in total. The highest BCUT2D eigenvalue weighted by atomic mass is 32.1. The molecule has 2 heterocycles. The van der Waals surface area contributed by atoms with Gasteiger partial charge in [0.1, 0.15) is 0 Å². The Bertz CT molecular complexity index is 4300. The number of hydrogen-bond donors (Lipinski definition) is 0. The van der Waals surface area contributed by atoms with E-state index in [4.69, 9.17) is 25.0 Å². The summed E-state index contributed by atoms with van der Waals surface area (Å²) in [6, 6.07) is 7.30. The zero-order valence-electron chi connectivity index (χ0n) is 47.2. The van der Waals surface area contributed by atoms with Crippen molar-refractivity contribution in [3.05, 3.63) is 188 Å². The van der Waals surface area contributed by atoms with Crippen LogP contribution in [0.25, 0.3) is 109 Å². The maximum absolute atomic E-state index is 9.64. The molecule has 3 nitrogen and oxygen atoms in total. The highest BCUT2D eigenvalue weighted by Crippen LogP contribution is 2.39. The van der Waals surface area contributed by atoms with Gasteiger partial charge < -0.3 is 0 Å². The van der Waals surface area contributed by atoms with E-state index in [1.165, 1.54) is 0 Å². The van der Waals surface area contributed by atoms with Crippen molar-refractivity contribution < 1.29 is 26.0 Å². The highest BCUT2D eigenvalue weighted by molar-refractivity contribution is 7.25. The number of fused-ring (bicyclic) bond motifs is 9. The van der Waals surface area contributed by atoms with Crippen LogP contribution in [0.4, 0.5) is 0 Å². The van der Waals surface area contributed by atoms with Crippen LogP contribution in [0.5, 0.6) is 0 Å². The molecule has 4 heteroatoms. The van der Waals surface area contributed by atoms with E-state index in [-0.39, 0.29) is 28.4 Å². The van der Waals surface area contributed by atoms with Crippen LogP contribution >= 0.6 is 11.3 Å². The zero-order valence-corrected chi connectivity index (χ0v) is 29.0. The minimum Gasteiger partial charge on any atom is -0.208 e. The molecule has 0 aliphatic heterocycles. The summed E-state index contributed by atoms with van der Waals surface area (Å²) in [5.74, 6) is 0.00875. The number of thiophene rings is 1. The van der Waals surface area contributed by atoms with Gasteiger partial charge >= 0.3 is 0 Å². The van der Waals surface area contributed by atoms with Gasteiger partial charge in [0.2, 0.25) is 0 Å². The van der Waals surface area contributed by atoms with Crippen molar-refractivity contribution in [2.45, 2.75) is 0 Å². The van der Waals surface area contributed by atoms with E-state index in [1.54, 1.807) is 41.7 Å². The molecule has 0 saturated carbocycles. The normalized spacial score (nSPS) is 16.5. The lowest BCUT2D eigenvalue weighted by Gasteiger charge is -2.12. The average molecular weight is 737 g/mol. The molecule has 0 spiro atoms. The molecule has 0 amide bonds. The Morgan fingerprint density at radius 2 is 0.855 bits per heavy atom. The Hall–Kier alpha value is -7.01. The molecule has 11 rings (SSSR count). The molecular weight excluding hydrogens is 687 g/mol. The molecule has 256 valence electrons. The van der Waals surface area contributed by atoms with E-state index in [0.29, 0.717) is 11.1 Å². The quantitative estimate of drug-likeness (QED) is 0.165. The first-order chi connectivity index (χ1) is 35.2. The van der Waals surface area contributed by atoms with Gasteiger partial charge in [0, 0.05) is 36.9 Å². The molecule has 0 atom stereocenters. The highest BCUT2D eigenvalue weighted by Gasteiger charge is 2.15. The summed E-state index contributed by atoms with van der Waals surface area (Å²) < 4.78 is 174. The van der Waals surface area contributed by atoms with Crippen LogP contribution in [-0.4, -0.2) is 15.0 Å². The summed E-state index contributed by atoms with van der Waals surface area (Å²) in [4.78, 5) is 14.2. The number of hydrogen-bond acceptors (Lipinski definition) is 4. The van der Waals surface area contributed by atoms with Crippen molar-refractivity contribution in [3.8, 4) is 56.4 Å². The molecule has 9 aromatic carbocycles. The lowest BCUT2D eigenvalue weighted by molar-refractivity contribution is 1.07. The van der Waals surface area contributed by atoms with Crippen LogP contribution in [0.15, 0.2) is 188 Å². The first-order valence-electron chi connectivity index (χ1n) is 26.5. The van der Waals surface area contributed by atoms with Gasteiger partial charge in [-0.15, -0.1) is 11.3 Å². The van der Waals surface area contributed by atoms with Crippen molar-refractivity contribution in [3.63, 3.8) is 0 Å². The third-order valence-corrected chi connectivity index (χ3v) is 10.4. The fourth-order valence-corrected chi connectivity index (χ4v) is 7.71. The van der Waals surface area contributed by atoms with Gasteiger partial charge in [-0.25, -0.2) is 15.0 Å². The summed E-state index contributed by atoms with van der Waals surface area (Å²) in [6.07, 6.45) is 0. The topological polar surface area (TPSA) is 38.7 Å². The summed E-state index contributed by atoms with van der Waals surface area (Å²) in [5, 5.41) is -0.660. The van der Waals surface area contributed by atoms with Crippen molar-refractivity contribution in [1.82, 2.24) is 15.0 Å². The van der Waals surface area contributed by atoms with E-state index in [2.05, 4.69) is 4.98 Å². The SMILES string of the molecule is [2H]c1c([2H])c(-c2nc(-c3ccccc3)nc(-c3ccc4sc5ccccc5c4c3)n2)c([2H])c(-c2c([2H])c([2H])c(-c3c([2H])c([2H])c4c5c([2H])c([2H])c([2H])c([2H])c5c5c([2H])c([2H])c([2H])c([2H])c5c4c3[2H])c([2H])c2[2H])c1[2H]. The van der Waals surface area contributed by atoms with Gasteiger partial charge in [0.25, 0.3) is 0 Å². The third-order valence-electron chi connectivity index (χ3n) is 9.21. The van der Waals surface area contributed by atoms with Gasteiger partial charge in [-0.05, 0) is 90.9 Å². The lowest BCUT2D eigenvalue weighted by atomic mass is 9.92. The maximum Gasteiger partial charge on any atom is 0.164 e.